The quantitative estimate of drug-likeness (QED) is 0.873. The van der Waals surface area contributed by atoms with Gasteiger partial charge in [0.15, 0.2) is 0 Å². The smallest absolute Gasteiger partial charge is 0.269 e. The number of carbonyl (C=O) groups excluding carboxylic acids is 2. The number of nitrogens with one attached hydrogen (secondary N) is 1. The Hall–Kier alpha value is -2.67. The molecule has 1 aliphatic rings. The van der Waals surface area contributed by atoms with E-state index in [9.17, 15) is 18.0 Å². The van der Waals surface area contributed by atoms with Gasteiger partial charge in [-0.25, -0.2) is 12.7 Å². The van der Waals surface area contributed by atoms with E-state index >= 15 is 0 Å². The molecule has 1 aliphatic heterocycles. The molecule has 0 aliphatic carbocycles. The van der Waals surface area contributed by atoms with Gasteiger partial charge >= 0.3 is 0 Å². The number of rotatable bonds is 5. The van der Waals surface area contributed by atoms with Gasteiger partial charge in [-0.3, -0.25) is 9.59 Å². The molecule has 2 aromatic carbocycles. The first kappa shape index (κ1) is 18.1. The maximum absolute atomic E-state index is 12.5. The third-order valence-electron chi connectivity index (χ3n) is 4.46. The summed E-state index contributed by atoms with van der Waals surface area (Å²) in [5, 5.41) is 2.75. The molecule has 0 unspecified atom stereocenters. The van der Waals surface area contributed by atoms with Crippen LogP contribution in [-0.2, 0) is 21.2 Å². The lowest BCUT2D eigenvalue weighted by Gasteiger charge is -2.18. The second kappa shape index (κ2) is 6.92. The van der Waals surface area contributed by atoms with Crippen molar-refractivity contribution in [1.29, 1.82) is 0 Å². The fraction of sp³-hybridized carbons (Fsp3) is 0.263. The van der Waals surface area contributed by atoms with Crippen LogP contribution in [0, 0.1) is 0 Å². The maximum Gasteiger partial charge on any atom is 0.269 e. The fourth-order valence-corrected chi connectivity index (χ4v) is 4.46. The number of fused-ring (bicyclic) bond motifs is 1. The molecule has 0 spiro atoms. The van der Waals surface area contributed by atoms with E-state index in [1.165, 1.54) is 17.7 Å². The van der Waals surface area contributed by atoms with Crippen LogP contribution in [0.3, 0.4) is 0 Å². The third-order valence-corrected chi connectivity index (χ3v) is 6.25. The van der Waals surface area contributed by atoms with Crippen LogP contribution in [0.15, 0.2) is 53.4 Å². The van der Waals surface area contributed by atoms with Crippen molar-refractivity contribution >= 4 is 21.8 Å². The summed E-state index contributed by atoms with van der Waals surface area (Å²) < 4.78 is 25.6. The second-order valence-electron chi connectivity index (χ2n) is 6.20. The lowest BCUT2D eigenvalue weighted by atomic mass is 10.1. The monoisotopic (exact) mass is 372 g/mol. The fourth-order valence-electron chi connectivity index (χ4n) is 2.93. The molecule has 0 radical (unpaired) electrons. The molecule has 1 N–H and O–H groups in total. The Labute approximate surface area is 152 Å². The lowest BCUT2D eigenvalue weighted by Crippen LogP contribution is -2.41. The zero-order chi connectivity index (χ0) is 18.9. The van der Waals surface area contributed by atoms with E-state index in [0.717, 1.165) is 12.0 Å². The minimum Gasteiger partial charge on any atom is -0.348 e. The van der Waals surface area contributed by atoms with Gasteiger partial charge in [0.25, 0.3) is 15.9 Å². The Morgan fingerprint density at radius 3 is 2.38 bits per heavy atom. The van der Waals surface area contributed by atoms with Crippen LogP contribution >= 0.6 is 0 Å². The number of hydrogen-bond acceptors (Lipinski definition) is 4. The lowest BCUT2D eigenvalue weighted by molar-refractivity contribution is -0.121. The topological polar surface area (TPSA) is 83.6 Å². The van der Waals surface area contributed by atoms with Crippen LogP contribution in [0.25, 0.3) is 0 Å². The summed E-state index contributed by atoms with van der Waals surface area (Å²) in [4.78, 5) is 24.6. The average Bonchev–Trinajstić information content (AvgIpc) is 2.83. The van der Waals surface area contributed by atoms with Crippen LogP contribution in [0.2, 0.25) is 0 Å². The van der Waals surface area contributed by atoms with Crippen molar-refractivity contribution in [2.24, 2.45) is 0 Å². The molecule has 0 fully saturated rings. The van der Waals surface area contributed by atoms with Crippen molar-refractivity contribution in [2.45, 2.75) is 31.2 Å². The summed E-state index contributed by atoms with van der Waals surface area (Å²) >= 11 is 0. The molecule has 0 saturated carbocycles. The first-order valence-electron chi connectivity index (χ1n) is 8.39. The van der Waals surface area contributed by atoms with Crippen LogP contribution in [-0.4, -0.2) is 31.1 Å². The number of sulfonamides is 1. The standard InChI is InChI=1S/C19H20N2O4S/c1-3-14-8-10-15(11-9-14)13(2)20-18(22)12-21-19(23)16-6-4-5-7-17(16)26(21,24)25/h4-11,13H,3,12H2,1-2H3,(H,20,22)/t13-/m0/s1. The molecule has 26 heavy (non-hydrogen) atoms. The average molecular weight is 372 g/mol. The van der Waals surface area contributed by atoms with Crippen molar-refractivity contribution in [2.75, 3.05) is 6.54 Å². The van der Waals surface area contributed by atoms with Gasteiger partial charge in [-0.1, -0.05) is 43.3 Å². The van der Waals surface area contributed by atoms with E-state index in [4.69, 9.17) is 0 Å². The molecular weight excluding hydrogens is 352 g/mol. The molecular formula is C19H20N2O4S. The van der Waals surface area contributed by atoms with E-state index in [2.05, 4.69) is 12.2 Å². The van der Waals surface area contributed by atoms with Crippen molar-refractivity contribution < 1.29 is 18.0 Å². The van der Waals surface area contributed by atoms with E-state index in [1.54, 1.807) is 12.1 Å². The molecule has 1 heterocycles. The number of aryl methyl sites for hydroxylation is 1. The highest BCUT2D eigenvalue weighted by molar-refractivity contribution is 7.90. The van der Waals surface area contributed by atoms with Crippen LogP contribution in [0.1, 0.15) is 41.4 Å². The predicted molar refractivity (Wildman–Crippen MR) is 97.0 cm³/mol. The van der Waals surface area contributed by atoms with Gasteiger partial charge < -0.3 is 5.32 Å². The number of benzene rings is 2. The second-order valence-corrected chi connectivity index (χ2v) is 8.03. The molecule has 1 atom stereocenters. The van der Waals surface area contributed by atoms with Gasteiger partial charge in [0, 0.05) is 0 Å². The summed E-state index contributed by atoms with van der Waals surface area (Å²) in [6, 6.07) is 13.5. The molecule has 0 aromatic heterocycles. The maximum atomic E-state index is 12.5. The Morgan fingerprint density at radius 2 is 1.77 bits per heavy atom. The van der Waals surface area contributed by atoms with Gasteiger partial charge in [-0.15, -0.1) is 0 Å². The van der Waals surface area contributed by atoms with Gasteiger partial charge in [0.05, 0.1) is 11.6 Å². The third kappa shape index (κ3) is 3.22. The van der Waals surface area contributed by atoms with E-state index in [1.807, 2.05) is 31.2 Å². The summed E-state index contributed by atoms with van der Waals surface area (Å²) in [5.74, 6) is -1.20. The first-order chi connectivity index (χ1) is 12.3. The Bertz CT molecular complexity index is 952. The summed E-state index contributed by atoms with van der Waals surface area (Å²) in [6.45, 7) is 3.34. The minimum absolute atomic E-state index is 0.0546. The van der Waals surface area contributed by atoms with Crippen molar-refractivity contribution in [1.82, 2.24) is 9.62 Å². The minimum atomic E-state index is -3.98. The van der Waals surface area contributed by atoms with E-state index in [-0.39, 0.29) is 16.5 Å². The van der Waals surface area contributed by atoms with E-state index in [0.29, 0.717) is 4.31 Å². The van der Waals surface area contributed by atoms with Crippen molar-refractivity contribution in [3.05, 3.63) is 65.2 Å². The molecule has 7 heteroatoms. The Morgan fingerprint density at radius 1 is 1.12 bits per heavy atom. The van der Waals surface area contributed by atoms with Crippen LogP contribution in [0.5, 0.6) is 0 Å². The molecule has 2 amide bonds. The number of carbonyl (C=O) groups is 2. The van der Waals surface area contributed by atoms with E-state index < -0.39 is 28.4 Å². The molecule has 0 saturated heterocycles. The highest BCUT2D eigenvalue weighted by Gasteiger charge is 2.41. The SMILES string of the molecule is CCc1ccc([C@H](C)NC(=O)CN2C(=O)c3ccccc3S2(=O)=O)cc1. The normalized spacial score (nSPS) is 16.2. The first-order valence-corrected chi connectivity index (χ1v) is 9.83. The van der Waals surface area contributed by atoms with Gasteiger partial charge in [-0.2, -0.15) is 0 Å². The molecule has 3 rings (SSSR count). The summed E-state index contributed by atoms with van der Waals surface area (Å²) in [6.07, 6.45) is 0.927. The zero-order valence-corrected chi connectivity index (χ0v) is 15.4. The number of nitrogens with zero attached hydrogens (tertiary/aromatic N) is 1. The highest BCUT2D eigenvalue weighted by atomic mass is 32.2. The molecule has 0 bridgehead atoms. The summed E-state index contributed by atoms with van der Waals surface area (Å²) in [5.41, 5.74) is 2.21. The zero-order valence-electron chi connectivity index (χ0n) is 14.6. The highest BCUT2D eigenvalue weighted by Crippen LogP contribution is 2.29. The number of amides is 2. The number of hydrogen-bond donors (Lipinski definition) is 1. The molecule has 136 valence electrons. The Balaban J connectivity index is 1.71. The van der Waals surface area contributed by atoms with Gasteiger partial charge in [0.2, 0.25) is 5.91 Å². The Kier molecular flexibility index (Phi) is 4.82. The largest absolute Gasteiger partial charge is 0.348 e. The predicted octanol–water partition coefficient (Wildman–Crippen LogP) is 2.27. The van der Waals surface area contributed by atoms with Crippen LogP contribution in [0.4, 0.5) is 0 Å². The summed E-state index contributed by atoms with van der Waals surface area (Å²) in [7, 11) is -3.98. The van der Waals surface area contributed by atoms with Crippen LogP contribution < -0.4 is 5.32 Å². The van der Waals surface area contributed by atoms with Crippen molar-refractivity contribution in [3.8, 4) is 0 Å². The molecule has 2 aromatic rings. The van der Waals surface area contributed by atoms with Gasteiger partial charge in [0.1, 0.15) is 11.4 Å². The molecule has 6 nitrogen and oxygen atoms in total. The van der Waals surface area contributed by atoms with Crippen molar-refractivity contribution in [3.63, 3.8) is 0 Å². The van der Waals surface area contributed by atoms with Gasteiger partial charge in [-0.05, 0) is 36.6 Å².